The van der Waals surface area contributed by atoms with E-state index in [9.17, 15) is 14.4 Å². The van der Waals surface area contributed by atoms with Gasteiger partial charge in [-0.1, -0.05) is 48.5 Å². The van der Waals surface area contributed by atoms with Crippen molar-refractivity contribution in [1.82, 2.24) is 0 Å². The molecule has 1 heterocycles. The topological polar surface area (TPSA) is 84.5 Å². The molecule has 0 fully saturated rings. The highest BCUT2D eigenvalue weighted by Crippen LogP contribution is 2.32. The van der Waals surface area contributed by atoms with E-state index < -0.39 is 12.0 Å². The highest BCUT2D eigenvalue weighted by atomic mass is 16.5. The van der Waals surface area contributed by atoms with Crippen LogP contribution >= 0.6 is 0 Å². The molecule has 3 aromatic carbocycles. The molecule has 0 bridgehead atoms. The van der Waals surface area contributed by atoms with Gasteiger partial charge in [0.15, 0.2) is 11.9 Å². The van der Waals surface area contributed by atoms with Crippen LogP contribution < -0.4 is 15.4 Å². The van der Waals surface area contributed by atoms with E-state index >= 15 is 0 Å². The Balaban J connectivity index is 1.60. The molecule has 0 radical (unpaired) electrons. The lowest BCUT2D eigenvalue weighted by Crippen LogP contribution is -2.34. The summed E-state index contributed by atoms with van der Waals surface area (Å²) in [5.41, 5.74) is 2.07. The Kier molecular flexibility index (Phi) is 4.83. The predicted octanol–water partition coefficient (Wildman–Crippen LogP) is 3.89. The number of hydrogen-bond acceptors (Lipinski definition) is 4. The smallest absolute Gasteiger partial charge is 0.265 e. The van der Waals surface area contributed by atoms with Gasteiger partial charge in [-0.05, 0) is 31.2 Å². The van der Waals surface area contributed by atoms with Gasteiger partial charge in [-0.3, -0.25) is 14.4 Å². The molecule has 144 valence electrons. The fraction of sp³-hybridized carbons (Fsp3) is 0.0870. The third kappa shape index (κ3) is 3.73. The molecule has 6 nitrogen and oxygen atoms in total. The van der Waals surface area contributed by atoms with Crippen LogP contribution in [-0.2, 0) is 4.79 Å². The van der Waals surface area contributed by atoms with Crippen LogP contribution in [0.5, 0.6) is 5.75 Å². The van der Waals surface area contributed by atoms with E-state index in [1.54, 1.807) is 73.7 Å². The average molecular weight is 386 g/mol. The number of ketones is 1. The SMILES string of the molecule is C[C@H]1Oc2ccc(NC(=O)c3ccccc3C(=O)c3ccccc3)cc2NC1=O. The quantitative estimate of drug-likeness (QED) is 0.666. The second-order valence-electron chi connectivity index (χ2n) is 6.66. The first kappa shape index (κ1) is 18.4. The summed E-state index contributed by atoms with van der Waals surface area (Å²) in [4.78, 5) is 37.5. The van der Waals surface area contributed by atoms with E-state index in [1.165, 1.54) is 0 Å². The van der Waals surface area contributed by atoms with Crippen LogP contribution in [0.1, 0.15) is 33.2 Å². The van der Waals surface area contributed by atoms with Crippen LogP contribution in [0, 0.1) is 0 Å². The molecule has 2 amide bonds. The monoisotopic (exact) mass is 386 g/mol. The van der Waals surface area contributed by atoms with Crippen LogP contribution in [0.15, 0.2) is 72.8 Å². The Morgan fingerprint density at radius 2 is 1.62 bits per heavy atom. The standard InChI is InChI=1S/C23H18N2O4/c1-14-22(27)25-19-13-16(11-12-20(19)29-14)24-23(28)18-10-6-5-9-17(18)21(26)15-7-3-2-4-8-15/h2-14H,1H3,(H,24,28)(H,25,27)/t14-/m1/s1. The number of amides is 2. The highest BCUT2D eigenvalue weighted by molar-refractivity contribution is 6.17. The lowest BCUT2D eigenvalue weighted by atomic mass is 9.98. The zero-order valence-corrected chi connectivity index (χ0v) is 15.6. The first-order valence-corrected chi connectivity index (χ1v) is 9.14. The maximum Gasteiger partial charge on any atom is 0.265 e. The molecule has 3 aromatic rings. The Labute approximate surface area is 167 Å². The summed E-state index contributed by atoms with van der Waals surface area (Å²) in [5, 5.41) is 5.53. The van der Waals surface area contributed by atoms with Gasteiger partial charge in [0.1, 0.15) is 5.75 Å². The summed E-state index contributed by atoms with van der Waals surface area (Å²) in [7, 11) is 0. The molecular formula is C23H18N2O4. The van der Waals surface area contributed by atoms with Crippen LogP contribution in [0.3, 0.4) is 0 Å². The molecule has 0 saturated carbocycles. The van der Waals surface area contributed by atoms with Crippen molar-refractivity contribution in [2.75, 3.05) is 10.6 Å². The molecule has 29 heavy (non-hydrogen) atoms. The predicted molar refractivity (Wildman–Crippen MR) is 109 cm³/mol. The summed E-state index contributed by atoms with van der Waals surface area (Å²) in [6.45, 7) is 1.66. The van der Waals surface area contributed by atoms with Crippen molar-refractivity contribution in [1.29, 1.82) is 0 Å². The van der Waals surface area contributed by atoms with E-state index in [0.717, 1.165) is 0 Å². The van der Waals surface area contributed by atoms with Crippen molar-refractivity contribution in [2.24, 2.45) is 0 Å². The Morgan fingerprint density at radius 3 is 2.38 bits per heavy atom. The average Bonchev–Trinajstić information content (AvgIpc) is 2.75. The van der Waals surface area contributed by atoms with E-state index in [1.807, 2.05) is 6.07 Å². The molecule has 4 rings (SSSR count). The molecule has 0 aliphatic carbocycles. The fourth-order valence-electron chi connectivity index (χ4n) is 3.11. The van der Waals surface area contributed by atoms with E-state index in [2.05, 4.69) is 10.6 Å². The van der Waals surface area contributed by atoms with Crippen molar-refractivity contribution in [3.05, 3.63) is 89.5 Å². The van der Waals surface area contributed by atoms with Crippen molar-refractivity contribution in [2.45, 2.75) is 13.0 Å². The minimum atomic E-state index is -0.571. The van der Waals surface area contributed by atoms with Crippen LogP contribution in [0.4, 0.5) is 11.4 Å². The summed E-state index contributed by atoms with van der Waals surface area (Å²) in [6.07, 6.45) is -0.571. The third-order valence-electron chi connectivity index (χ3n) is 4.62. The van der Waals surface area contributed by atoms with Crippen molar-refractivity contribution >= 4 is 29.0 Å². The maximum atomic E-state index is 12.9. The Morgan fingerprint density at radius 1 is 0.931 bits per heavy atom. The van der Waals surface area contributed by atoms with Gasteiger partial charge in [-0.25, -0.2) is 0 Å². The van der Waals surface area contributed by atoms with E-state index in [-0.39, 0.29) is 17.3 Å². The first-order chi connectivity index (χ1) is 14.0. The van der Waals surface area contributed by atoms with E-state index in [4.69, 9.17) is 4.74 Å². The van der Waals surface area contributed by atoms with Crippen molar-refractivity contribution in [3.63, 3.8) is 0 Å². The van der Waals surface area contributed by atoms with Gasteiger partial charge < -0.3 is 15.4 Å². The maximum absolute atomic E-state index is 12.9. The van der Waals surface area contributed by atoms with Crippen LogP contribution in [0.2, 0.25) is 0 Å². The minimum Gasteiger partial charge on any atom is -0.479 e. The summed E-state index contributed by atoms with van der Waals surface area (Å²) >= 11 is 0. The first-order valence-electron chi connectivity index (χ1n) is 9.14. The highest BCUT2D eigenvalue weighted by Gasteiger charge is 2.24. The zero-order chi connectivity index (χ0) is 20.4. The number of nitrogens with one attached hydrogen (secondary N) is 2. The number of anilines is 2. The molecule has 0 spiro atoms. The van der Waals surface area contributed by atoms with E-state index in [0.29, 0.717) is 28.3 Å². The molecular weight excluding hydrogens is 368 g/mol. The van der Waals surface area contributed by atoms with Crippen molar-refractivity contribution in [3.8, 4) is 5.75 Å². The zero-order valence-electron chi connectivity index (χ0n) is 15.6. The largest absolute Gasteiger partial charge is 0.479 e. The number of rotatable bonds is 4. The second-order valence-corrected chi connectivity index (χ2v) is 6.66. The summed E-state index contributed by atoms with van der Waals surface area (Å²) in [5.74, 6) is -0.354. The molecule has 1 aliphatic heterocycles. The molecule has 2 N–H and O–H groups in total. The lowest BCUT2D eigenvalue weighted by Gasteiger charge is -2.23. The number of carbonyl (C=O) groups excluding carboxylic acids is 3. The van der Waals surface area contributed by atoms with Gasteiger partial charge in [0, 0.05) is 16.8 Å². The normalized spacial score (nSPS) is 14.9. The molecule has 0 aromatic heterocycles. The number of hydrogen-bond donors (Lipinski definition) is 2. The molecule has 0 unspecified atom stereocenters. The minimum absolute atomic E-state index is 0.226. The molecule has 0 saturated heterocycles. The summed E-state index contributed by atoms with van der Waals surface area (Å²) in [6, 6.07) is 20.5. The molecule has 1 aliphatic rings. The van der Waals surface area contributed by atoms with Crippen LogP contribution in [0.25, 0.3) is 0 Å². The fourth-order valence-corrected chi connectivity index (χ4v) is 3.11. The van der Waals surface area contributed by atoms with Gasteiger partial charge in [0.2, 0.25) is 0 Å². The number of benzene rings is 3. The second kappa shape index (κ2) is 7.59. The molecule has 1 atom stereocenters. The van der Waals surface area contributed by atoms with Gasteiger partial charge in [0.05, 0.1) is 11.3 Å². The Hall–Kier alpha value is -3.93. The molecule has 6 heteroatoms. The van der Waals surface area contributed by atoms with Crippen LogP contribution in [-0.4, -0.2) is 23.7 Å². The number of carbonyl (C=O) groups is 3. The third-order valence-corrected chi connectivity index (χ3v) is 4.62. The lowest BCUT2D eigenvalue weighted by molar-refractivity contribution is -0.122. The van der Waals surface area contributed by atoms with Gasteiger partial charge in [0.25, 0.3) is 11.8 Å². The number of ether oxygens (including phenoxy) is 1. The number of fused-ring (bicyclic) bond motifs is 1. The summed E-state index contributed by atoms with van der Waals surface area (Å²) < 4.78 is 5.52. The van der Waals surface area contributed by atoms with Gasteiger partial charge in [-0.15, -0.1) is 0 Å². The van der Waals surface area contributed by atoms with Crippen molar-refractivity contribution < 1.29 is 19.1 Å². The van der Waals surface area contributed by atoms with Gasteiger partial charge in [-0.2, -0.15) is 0 Å². The Bertz CT molecular complexity index is 1110. The van der Waals surface area contributed by atoms with Gasteiger partial charge >= 0.3 is 0 Å².